The molecule has 0 bridgehead atoms. The maximum absolute atomic E-state index is 13.3. The van der Waals surface area contributed by atoms with Gasteiger partial charge in [0.1, 0.15) is 16.8 Å². The summed E-state index contributed by atoms with van der Waals surface area (Å²) in [6.07, 6.45) is 2.25. The van der Waals surface area contributed by atoms with Crippen LogP contribution in [0.5, 0.6) is 0 Å². The SMILES string of the molecule is Cc1cc(-c2cc(Cl)nc(C3CC3)n2)ccc1F. The first-order chi connectivity index (χ1) is 8.63. The van der Waals surface area contributed by atoms with Crippen LogP contribution in [-0.4, -0.2) is 9.97 Å². The largest absolute Gasteiger partial charge is 0.232 e. The first-order valence-electron chi connectivity index (χ1n) is 5.94. The molecule has 0 aliphatic heterocycles. The van der Waals surface area contributed by atoms with Crippen molar-refractivity contribution in [3.8, 4) is 11.3 Å². The lowest BCUT2D eigenvalue weighted by Gasteiger charge is -2.06. The number of nitrogens with zero attached hydrogens (tertiary/aromatic N) is 2. The molecule has 0 spiro atoms. The van der Waals surface area contributed by atoms with E-state index in [1.165, 1.54) is 6.07 Å². The van der Waals surface area contributed by atoms with Crippen molar-refractivity contribution < 1.29 is 4.39 Å². The van der Waals surface area contributed by atoms with Crippen LogP contribution in [0.1, 0.15) is 30.1 Å². The van der Waals surface area contributed by atoms with E-state index in [9.17, 15) is 4.39 Å². The Bertz CT molecular complexity index is 609. The van der Waals surface area contributed by atoms with E-state index in [-0.39, 0.29) is 5.82 Å². The second-order valence-electron chi connectivity index (χ2n) is 4.67. The fourth-order valence-electron chi connectivity index (χ4n) is 1.91. The van der Waals surface area contributed by atoms with Crippen molar-refractivity contribution in [2.24, 2.45) is 0 Å². The van der Waals surface area contributed by atoms with Crippen LogP contribution in [0.2, 0.25) is 5.15 Å². The van der Waals surface area contributed by atoms with Gasteiger partial charge in [-0.1, -0.05) is 11.6 Å². The van der Waals surface area contributed by atoms with E-state index in [1.807, 2.05) is 0 Å². The average Bonchev–Trinajstić information content (AvgIpc) is 3.16. The van der Waals surface area contributed by atoms with Crippen molar-refractivity contribution in [3.63, 3.8) is 0 Å². The highest BCUT2D eigenvalue weighted by molar-refractivity contribution is 6.29. The predicted octanol–water partition coefficient (Wildman–Crippen LogP) is 4.12. The molecule has 0 N–H and O–H groups in total. The number of halogens is 2. The van der Waals surface area contributed by atoms with E-state index in [0.29, 0.717) is 16.6 Å². The van der Waals surface area contributed by atoms with Crippen LogP contribution in [0.3, 0.4) is 0 Å². The van der Waals surface area contributed by atoms with Crippen molar-refractivity contribution in [2.45, 2.75) is 25.7 Å². The molecule has 1 aliphatic rings. The molecule has 1 fully saturated rings. The summed E-state index contributed by atoms with van der Waals surface area (Å²) in [6, 6.07) is 6.68. The Hall–Kier alpha value is -1.48. The Balaban J connectivity index is 2.07. The van der Waals surface area contributed by atoms with E-state index >= 15 is 0 Å². The van der Waals surface area contributed by atoms with Crippen LogP contribution in [0.25, 0.3) is 11.3 Å². The van der Waals surface area contributed by atoms with E-state index in [0.717, 1.165) is 29.9 Å². The summed E-state index contributed by atoms with van der Waals surface area (Å²) in [7, 11) is 0. The van der Waals surface area contributed by atoms with E-state index in [4.69, 9.17) is 11.6 Å². The third kappa shape index (κ3) is 2.23. The Morgan fingerprint density at radius 3 is 2.67 bits per heavy atom. The molecule has 1 heterocycles. The number of aryl methyl sites for hydroxylation is 1. The molecule has 92 valence electrons. The minimum atomic E-state index is -0.207. The molecule has 2 nitrogen and oxygen atoms in total. The summed E-state index contributed by atoms with van der Waals surface area (Å²) in [6.45, 7) is 1.74. The van der Waals surface area contributed by atoms with E-state index in [2.05, 4.69) is 9.97 Å². The van der Waals surface area contributed by atoms with Crippen LogP contribution in [0, 0.1) is 12.7 Å². The normalized spacial score (nSPS) is 14.8. The van der Waals surface area contributed by atoms with Crippen molar-refractivity contribution in [2.75, 3.05) is 0 Å². The lowest BCUT2D eigenvalue weighted by Crippen LogP contribution is -1.96. The second-order valence-corrected chi connectivity index (χ2v) is 5.06. The molecule has 0 atom stereocenters. The molecule has 0 saturated heterocycles. The summed E-state index contributed by atoms with van der Waals surface area (Å²) < 4.78 is 13.3. The maximum Gasteiger partial charge on any atom is 0.133 e. The first-order valence-corrected chi connectivity index (χ1v) is 6.32. The van der Waals surface area contributed by atoms with Crippen LogP contribution >= 0.6 is 11.6 Å². The molecule has 4 heteroatoms. The first kappa shape index (κ1) is 11.6. The minimum absolute atomic E-state index is 0.207. The standard InChI is InChI=1S/C14H12ClFN2/c1-8-6-10(4-5-11(8)16)12-7-13(15)18-14(17-12)9-2-3-9/h4-7,9H,2-3H2,1H3. The highest BCUT2D eigenvalue weighted by atomic mass is 35.5. The molecular formula is C14H12ClFN2. The van der Waals surface area contributed by atoms with Crippen molar-refractivity contribution in [3.05, 3.63) is 46.6 Å². The van der Waals surface area contributed by atoms with Gasteiger partial charge >= 0.3 is 0 Å². The van der Waals surface area contributed by atoms with Gasteiger partial charge in [0.25, 0.3) is 0 Å². The number of hydrogen-bond acceptors (Lipinski definition) is 2. The molecule has 0 amide bonds. The monoisotopic (exact) mass is 262 g/mol. The fraction of sp³-hybridized carbons (Fsp3) is 0.286. The van der Waals surface area contributed by atoms with Crippen LogP contribution in [-0.2, 0) is 0 Å². The number of aromatic nitrogens is 2. The predicted molar refractivity (Wildman–Crippen MR) is 69.1 cm³/mol. The van der Waals surface area contributed by atoms with Gasteiger partial charge < -0.3 is 0 Å². The van der Waals surface area contributed by atoms with E-state index < -0.39 is 0 Å². The van der Waals surface area contributed by atoms with Gasteiger partial charge in [-0.25, -0.2) is 14.4 Å². The minimum Gasteiger partial charge on any atom is -0.232 e. The quantitative estimate of drug-likeness (QED) is 0.761. The topological polar surface area (TPSA) is 25.8 Å². The lowest BCUT2D eigenvalue weighted by molar-refractivity contribution is 0.618. The van der Waals surface area contributed by atoms with Gasteiger partial charge in [0.2, 0.25) is 0 Å². The average molecular weight is 263 g/mol. The Labute approximate surface area is 110 Å². The molecule has 0 radical (unpaired) electrons. The second kappa shape index (κ2) is 4.32. The van der Waals surface area contributed by atoms with Gasteiger partial charge in [-0.05, 0) is 43.5 Å². The van der Waals surface area contributed by atoms with Crippen LogP contribution in [0.4, 0.5) is 4.39 Å². The van der Waals surface area contributed by atoms with Crippen molar-refractivity contribution >= 4 is 11.6 Å². The summed E-state index contributed by atoms with van der Waals surface area (Å²) in [5.41, 5.74) is 2.25. The molecule has 1 saturated carbocycles. The zero-order chi connectivity index (χ0) is 12.7. The Morgan fingerprint density at radius 2 is 2.00 bits per heavy atom. The molecule has 3 rings (SSSR count). The zero-order valence-electron chi connectivity index (χ0n) is 9.95. The summed E-state index contributed by atoms with van der Waals surface area (Å²) >= 11 is 6.02. The highest BCUT2D eigenvalue weighted by Gasteiger charge is 2.27. The third-order valence-corrected chi connectivity index (χ3v) is 3.30. The maximum atomic E-state index is 13.3. The molecule has 1 aromatic heterocycles. The molecule has 0 unspecified atom stereocenters. The number of benzene rings is 1. The van der Waals surface area contributed by atoms with Gasteiger partial charge in [0.05, 0.1) is 5.69 Å². The van der Waals surface area contributed by atoms with Gasteiger partial charge in [0, 0.05) is 17.5 Å². The molecule has 1 aliphatic carbocycles. The fourth-order valence-corrected chi connectivity index (χ4v) is 2.10. The molecule has 2 aromatic rings. The number of rotatable bonds is 2. The smallest absolute Gasteiger partial charge is 0.133 e. The zero-order valence-corrected chi connectivity index (χ0v) is 10.7. The molecule has 18 heavy (non-hydrogen) atoms. The van der Waals surface area contributed by atoms with Gasteiger partial charge in [0.15, 0.2) is 0 Å². The Kier molecular flexibility index (Phi) is 2.78. The summed E-state index contributed by atoms with van der Waals surface area (Å²) in [4.78, 5) is 8.76. The Morgan fingerprint density at radius 1 is 1.22 bits per heavy atom. The van der Waals surface area contributed by atoms with Crippen molar-refractivity contribution in [1.29, 1.82) is 0 Å². The van der Waals surface area contributed by atoms with Gasteiger partial charge in [-0.2, -0.15) is 0 Å². The van der Waals surface area contributed by atoms with Gasteiger partial charge in [-0.15, -0.1) is 0 Å². The highest BCUT2D eigenvalue weighted by Crippen LogP contribution is 2.39. The van der Waals surface area contributed by atoms with Gasteiger partial charge in [-0.3, -0.25) is 0 Å². The van der Waals surface area contributed by atoms with Crippen LogP contribution < -0.4 is 0 Å². The molecule has 1 aromatic carbocycles. The van der Waals surface area contributed by atoms with E-state index in [1.54, 1.807) is 25.1 Å². The summed E-state index contributed by atoms with van der Waals surface area (Å²) in [5, 5.41) is 0.448. The van der Waals surface area contributed by atoms with Crippen LogP contribution in [0.15, 0.2) is 24.3 Å². The molecular weight excluding hydrogens is 251 g/mol. The third-order valence-electron chi connectivity index (χ3n) is 3.11. The summed E-state index contributed by atoms with van der Waals surface area (Å²) in [5.74, 6) is 1.05. The van der Waals surface area contributed by atoms with Crippen molar-refractivity contribution in [1.82, 2.24) is 9.97 Å². The lowest BCUT2D eigenvalue weighted by atomic mass is 10.1. The number of hydrogen-bond donors (Lipinski definition) is 0.